The van der Waals surface area contributed by atoms with Crippen LogP contribution in [0.5, 0.6) is 0 Å². The molecule has 0 atom stereocenters. The highest BCUT2D eigenvalue weighted by atomic mass is 19.1. The molecule has 0 spiro atoms. The summed E-state index contributed by atoms with van der Waals surface area (Å²) >= 11 is 0. The Morgan fingerprint density at radius 2 is 1.83 bits per heavy atom. The van der Waals surface area contributed by atoms with Crippen molar-refractivity contribution in [1.82, 2.24) is 14.6 Å². The number of aryl methyl sites for hydroxylation is 1. The number of nitrogen functional groups attached to an aromatic ring is 1. The van der Waals surface area contributed by atoms with Gasteiger partial charge in [0.2, 0.25) is 5.95 Å². The quantitative estimate of drug-likeness (QED) is 0.713. The lowest BCUT2D eigenvalue weighted by atomic mass is 10.0. The van der Waals surface area contributed by atoms with E-state index in [1.54, 1.807) is 16.6 Å². The van der Waals surface area contributed by atoms with Crippen molar-refractivity contribution in [2.75, 3.05) is 5.73 Å². The van der Waals surface area contributed by atoms with Gasteiger partial charge in [0.1, 0.15) is 5.82 Å². The monoisotopic (exact) mass is 242 g/mol. The molecule has 0 unspecified atom stereocenters. The maximum Gasteiger partial charge on any atom is 0.240 e. The molecule has 0 radical (unpaired) electrons. The van der Waals surface area contributed by atoms with Crippen LogP contribution in [0.15, 0.2) is 36.4 Å². The normalized spacial score (nSPS) is 11.0. The molecular weight excluding hydrogens is 231 g/mol. The third-order valence-corrected chi connectivity index (χ3v) is 2.91. The highest BCUT2D eigenvalue weighted by Gasteiger charge is 2.08. The van der Waals surface area contributed by atoms with Gasteiger partial charge < -0.3 is 5.73 Å². The molecule has 3 rings (SSSR count). The van der Waals surface area contributed by atoms with Crippen LogP contribution in [0, 0.1) is 12.7 Å². The Morgan fingerprint density at radius 3 is 2.56 bits per heavy atom. The maximum atomic E-state index is 12.9. The fourth-order valence-electron chi connectivity index (χ4n) is 2.02. The molecule has 18 heavy (non-hydrogen) atoms. The second-order valence-electron chi connectivity index (χ2n) is 4.08. The number of rotatable bonds is 1. The summed E-state index contributed by atoms with van der Waals surface area (Å²) in [6.07, 6.45) is 0. The van der Waals surface area contributed by atoms with Gasteiger partial charge in [0.15, 0.2) is 5.65 Å². The molecule has 1 aromatic carbocycles. The standard InChI is InChI=1S/C13H11FN4/c1-8-11(9-2-4-10(14)5-3-9)6-7-12-16-13(15)17-18(8)12/h2-7H,1H3,(H2,15,17). The van der Waals surface area contributed by atoms with Crippen molar-refractivity contribution < 1.29 is 4.39 Å². The Bertz CT molecular complexity index is 716. The number of fused-ring (bicyclic) bond motifs is 1. The Morgan fingerprint density at radius 1 is 1.11 bits per heavy atom. The molecule has 0 aliphatic carbocycles. The fourth-order valence-corrected chi connectivity index (χ4v) is 2.02. The molecule has 2 aromatic heterocycles. The minimum atomic E-state index is -0.248. The van der Waals surface area contributed by atoms with Crippen LogP contribution in [-0.2, 0) is 0 Å². The summed E-state index contributed by atoms with van der Waals surface area (Å²) in [7, 11) is 0. The lowest BCUT2D eigenvalue weighted by Gasteiger charge is -2.07. The smallest absolute Gasteiger partial charge is 0.240 e. The molecule has 0 amide bonds. The first kappa shape index (κ1) is 10.7. The number of halogens is 1. The maximum absolute atomic E-state index is 12.9. The van der Waals surface area contributed by atoms with Gasteiger partial charge in [0.25, 0.3) is 0 Å². The first-order chi connectivity index (χ1) is 8.65. The molecule has 90 valence electrons. The number of hydrogen-bond donors (Lipinski definition) is 1. The highest BCUT2D eigenvalue weighted by Crippen LogP contribution is 2.24. The summed E-state index contributed by atoms with van der Waals surface area (Å²) < 4.78 is 14.6. The number of anilines is 1. The van der Waals surface area contributed by atoms with E-state index in [9.17, 15) is 4.39 Å². The Labute approximate surface area is 103 Å². The van der Waals surface area contributed by atoms with Crippen molar-refractivity contribution in [3.63, 3.8) is 0 Å². The first-order valence-electron chi connectivity index (χ1n) is 5.53. The second kappa shape index (κ2) is 3.80. The molecule has 4 nitrogen and oxygen atoms in total. The van der Waals surface area contributed by atoms with Crippen molar-refractivity contribution in [2.45, 2.75) is 6.92 Å². The van der Waals surface area contributed by atoms with Crippen molar-refractivity contribution >= 4 is 11.6 Å². The van der Waals surface area contributed by atoms with Gasteiger partial charge in [0.05, 0.1) is 0 Å². The zero-order valence-electron chi connectivity index (χ0n) is 9.76. The van der Waals surface area contributed by atoms with E-state index in [1.165, 1.54) is 12.1 Å². The van der Waals surface area contributed by atoms with E-state index in [2.05, 4.69) is 10.1 Å². The van der Waals surface area contributed by atoms with Gasteiger partial charge in [-0.1, -0.05) is 12.1 Å². The molecule has 0 saturated carbocycles. The van der Waals surface area contributed by atoms with Crippen LogP contribution in [0.1, 0.15) is 5.69 Å². The zero-order chi connectivity index (χ0) is 12.7. The summed E-state index contributed by atoms with van der Waals surface area (Å²) in [4.78, 5) is 4.09. The van der Waals surface area contributed by atoms with Crippen LogP contribution in [0.4, 0.5) is 10.3 Å². The zero-order valence-corrected chi connectivity index (χ0v) is 9.76. The average Bonchev–Trinajstić information content (AvgIpc) is 2.73. The number of nitrogens with zero attached hydrogens (tertiary/aromatic N) is 3. The van der Waals surface area contributed by atoms with E-state index in [4.69, 9.17) is 5.73 Å². The van der Waals surface area contributed by atoms with Gasteiger partial charge in [-0.3, -0.25) is 0 Å². The van der Waals surface area contributed by atoms with Gasteiger partial charge in [-0.05, 0) is 36.8 Å². The molecule has 0 aliphatic rings. The lowest BCUT2D eigenvalue weighted by Crippen LogP contribution is -1.97. The summed E-state index contributed by atoms with van der Waals surface area (Å²) in [6.45, 7) is 1.93. The molecule has 2 N–H and O–H groups in total. The number of benzene rings is 1. The topological polar surface area (TPSA) is 56.2 Å². The van der Waals surface area contributed by atoms with Crippen LogP contribution in [0.2, 0.25) is 0 Å². The Hall–Kier alpha value is -2.43. The van der Waals surface area contributed by atoms with Crippen molar-refractivity contribution in [3.05, 3.63) is 47.9 Å². The highest BCUT2D eigenvalue weighted by molar-refractivity contribution is 5.68. The third-order valence-electron chi connectivity index (χ3n) is 2.91. The molecule has 0 fully saturated rings. The summed E-state index contributed by atoms with van der Waals surface area (Å²) in [5.74, 6) is -0.00293. The molecule has 5 heteroatoms. The third kappa shape index (κ3) is 1.60. The number of pyridine rings is 1. The van der Waals surface area contributed by atoms with Crippen molar-refractivity contribution in [2.24, 2.45) is 0 Å². The van der Waals surface area contributed by atoms with E-state index in [-0.39, 0.29) is 11.8 Å². The van der Waals surface area contributed by atoms with Crippen molar-refractivity contribution in [3.8, 4) is 11.1 Å². The summed E-state index contributed by atoms with van der Waals surface area (Å²) in [6, 6.07) is 10.1. The van der Waals surface area contributed by atoms with Crippen LogP contribution in [-0.4, -0.2) is 14.6 Å². The number of aromatic nitrogens is 3. The van der Waals surface area contributed by atoms with Crippen LogP contribution >= 0.6 is 0 Å². The van der Waals surface area contributed by atoms with E-state index < -0.39 is 0 Å². The lowest BCUT2D eigenvalue weighted by molar-refractivity contribution is 0.628. The fraction of sp³-hybridized carbons (Fsp3) is 0.0769. The molecule has 0 bridgehead atoms. The van der Waals surface area contributed by atoms with E-state index in [0.717, 1.165) is 16.8 Å². The molecule has 0 saturated heterocycles. The predicted octanol–water partition coefficient (Wildman–Crippen LogP) is 2.43. The molecule has 0 aliphatic heterocycles. The van der Waals surface area contributed by atoms with Crippen molar-refractivity contribution in [1.29, 1.82) is 0 Å². The summed E-state index contributed by atoms with van der Waals surface area (Å²) in [5, 5.41) is 4.13. The van der Waals surface area contributed by atoms with Gasteiger partial charge >= 0.3 is 0 Å². The van der Waals surface area contributed by atoms with Gasteiger partial charge in [-0.2, -0.15) is 4.98 Å². The first-order valence-corrected chi connectivity index (χ1v) is 5.53. The SMILES string of the molecule is Cc1c(-c2ccc(F)cc2)ccc2nc(N)nn12. The summed E-state index contributed by atoms with van der Waals surface area (Å²) in [5.41, 5.74) is 9.11. The van der Waals surface area contributed by atoms with Gasteiger partial charge in [-0.15, -0.1) is 5.10 Å². The molecule has 3 aromatic rings. The number of nitrogens with two attached hydrogens (primary N) is 1. The van der Waals surface area contributed by atoms with Gasteiger partial charge in [-0.25, -0.2) is 8.91 Å². The largest absolute Gasteiger partial charge is 0.366 e. The average molecular weight is 242 g/mol. The van der Waals surface area contributed by atoms with E-state index in [0.29, 0.717) is 5.65 Å². The minimum Gasteiger partial charge on any atom is -0.366 e. The van der Waals surface area contributed by atoms with E-state index >= 15 is 0 Å². The van der Waals surface area contributed by atoms with E-state index in [1.807, 2.05) is 19.1 Å². The van der Waals surface area contributed by atoms with Crippen LogP contribution in [0.25, 0.3) is 16.8 Å². The van der Waals surface area contributed by atoms with Crippen LogP contribution in [0.3, 0.4) is 0 Å². The Kier molecular flexibility index (Phi) is 2.26. The van der Waals surface area contributed by atoms with Gasteiger partial charge in [0, 0.05) is 11.3 Å². The second-order valence-corrected chi connectivity index (χ2v) is 4.08. The predicted molar refractivity (Wildman–Crippen MR) is 67.5 cm³/mol. The Balaban J connectivity index is 2.23. The number of hydrogen-bond acceptors (Lipinski definition) is 3. The molecule has 2 heterocycles. The minimum absolute atomic E-state index is 0.245. The van der Waals surface area contributed by atoms with Crippen LogP contribution < -0.4 is 5.73 Å². The molecular formula is C13H11FN4.